The van der Waals surface area contributed by atoms with Gasteiger partial charge in [-0.1, -0.05) is 0 Å². The monoisotopic (exact) mass is 162 g/mol. The van der Waals surface area contributed by atoms with Gasteiger partial charge < -0.3 is 20.1 Å². The lowest BCUT2D eigenvalue weighted by Gasteiger charge is -2.16. The first kappa shape index (κ1) is 8.93. The Morgan fingerprint density at radius 3 is 2.00 bits per heavy atom. The van der Waals surface area contributed by atoms with E-state index in [1.807, 2.05) is 0 Å². The van der Waals surface area contributed by atoms with E-state index in [0.717, 1.165) is 0 Å². The van der Waals surface area contributed by atoms with Crippen molar-refractivity contribution in [2.24, 2.45) is 0 Å². The van der Waals surface area contributed by atoms with Crippen molar-refractivity contribution in [1.82, 2.24) is 0 Å². The van der Waals surface area contributed by atoms with Gasteiger partial charge >= 0.3 is 0 Å². The lowest BCUT2D eigenvalue weighted by atomic mass is 10.1. The number of ether oxygens (including phenoxy) is 1. The van der Waals surface area contributed by atoms with Crippen LogP contribution < -0.4 is 0 Å². The van der Waals surface area contributed by atoms with Gasteiger partial charge in [0.2, 0.25) is 0 Å². The fourth-order valence-electron chi connectivity index (χ4n) is 1.28. The van der Waals surface area contributed by atoms with Crippen LogP contribution in [-0.4, -0.2) is 45.8 Å². The summed E-state index contributed by atoms with van der Waals surface area (Å²) < 4.78 is 5.10. The molecule has 1 fully saturated rings. The number of hydrogen-bond donors (Lipinski definition) is 3. The molecule has 1 saturated heterocycles. The molecule has 66 valence electrons. The lowest BCUT2D eigenvalue weighted by molar-refractivity contribution is -0.0546. The van der Waals surface area contributed by atoms with Crippen molar-refractivity contribution in [3.63, 3.8) is 0 Å². The minimum absolute atomic E-state index is 0.399. The first-order valence-electron chi connectivity index (χ1n) is 3.73. The Balaban J connectivity index is 2.59. The topological polar surface area (TPSA) is 69.9 Å². The second kappa shape index (κ2) is 3.06. The minimum atomic E-state index is -0.968. The van der Waals surface area contributed by atoms with E-state index in [4.69, 9.17) is 9.84 Å². The summed E-state index contributed by atoms with van der Waals surface area (Å²) in [7, 11) is 0. The van der Waals surface area contributed by atoms with Gasteiger partial charge in [-0.15, -0.1) is 0 Å². The molecular weight excluding hydrogens is 148 g/mol. The van der Waals surface area contributed by atoms with Gasteiger partial charge in [-0.3, -0.25) is 0 Å². The lowest BCUT2D eigenvalue weighted by Crippen LogP contribution is -2.37. The van der Waals surface area contributed by atoms with Crippen molar-refractivity contribution < 1.29 is 20.1 Å². The molecule has 3 N–H and O–H groups in total. The second-order valence-corrected chi connectivity index (χ2v) is 3.03. The van der Waals surface area contributed by atoms with Gasteiger partial charge in [-0.25, -0.2) is 0 Å². The second-order valence-electron chi connectivity index (χ2n) is 3.03. The summed E-state index contributed by atoms with van der Waals surface area (Å²) in [4.78, 5) is 0. The molecule has 0 aromatic rings. The van der Waals surface area contributed by atoms with Crippen LogP contribution in [0.2, 0.25) is 0 Å². The SMILES string of the molecule is C[C@@H]1O[C@H]([C@H](C)O)[C@H](O)C1O. The highest BCUT2D eigenvalue weighted by Crippen LogP contribution is 2.22. The standard InChI is InChI=1S/C7H14O4/c1-3(8)7-6(10)5(9)4(2)11-7/h3-10H,1-2H3/t3-,4-,5?,6+,7+/m0/s1. The molecule has 1 aliphatic rings. The Morgan fingerprint density at radius 1 is 1.27 bits per heavy atom. The molecule has 1 unspecified atom stereocenters. The van der Waals surface area contributed by atoms with Crippen LogP contribution in [0.3, 0.4) is 0 Å². The Hall–Kier alpha value is -0.160. The normalized spacial score (nSPS) is 47.7. The maximum Gasteiger partial charge on any atom is 0.112 e. The molecular formula is C7H14O4. The predicted molar refractivity (Wildman–Crippen MR) is 38.0 cm³/mol. The Kier molecular flexibility index (Phi) is 2.49. The Labute approximate surface area is 65.4 Å². The van der Waals surface area contributed by atoms with Crippen molar-refractivity contribution in [2.75, 3.05) is 0 Å². The highest BCUT2D eigenvalue weighted by Gasteiger charge is 2.42. The van der Waals surface area contributed by atoms with Crippen LogP contribution in [0, 0.1) is 0 Å². The molecule has 11 heavy (non-hydrogen) atoms. The molecule has 0 spiro atoms. The largest absolute Gasteiger partial charge is 0.391 e. The third-order valence-corrected chi connectivity index (χ3v) is 2.01. The van der Waals surface area contributed by atoms with Crippen LogP contribution in [0.1, 0.15) is 13.8 Å². The molecule has 4 heteroatoms. The third-order valence-electron chi connectivity index (χ3n) is 2.01. The van der Waals surface area contributed by atoms with E-state index in [2.05, 4.69) is 0 Å². The van der Waals surface area contributed by atoms with Crippen LogP contribution in [0.15, 0.2) is 0 Å². The van der Waals surface area contributed by atoms with Gasteiger partial charge in [0.1, 0.15) is 18.3 Å². The Morgan fingerprint density at radius 2 is 1.82 bits per heavy atom. The fraction of sp³-hybridized carbons (Fsp3) is 1.00. The van der Waals surface area contributed by atoms with Crippen molar-refractivity contribution >= 4 is 0 Å². The zero-order valence-electron chi connectivity index (χ0n) is 6.64. The molecule has 0 amide bonds. The van der Waals surface area contributed by atoms with Crippen LogP contribution in [0.5, 0.6) is 0 Å². The number of hydrogen-bond acceptors (Lipinski definition) is 4. The fourth-order valence-corrected chi connectivity index (χ4v) is 1.28. The van der Waals surface area contributed by atoms with Gasteiger partial charge in [-0.2, -0.15) is 0 Å². The van der Waals surface area contributed by atoms with Crippen LogP contribution >= 0.6 is 0 Å². The van der Waals surface area contributed by atoms with Gasteiger partial charge in [0.05, 0.1) is 12.2 Å². The summed E-state index contributed by atoms with van der Waals surface area (Å²) in [5.74, 6) is 0. The summed E-state index contributed by atoms with van der Waals surface area (Å²) in [6.07, 6.45) is -3.64. The van der Waals surface area contributed by atoms with Gasteiger partial charge in [0.25, 0.3) is 0 Å². The van der Waals surface area contributed by atoms with E-state index in [1.165, 1.54) is 6.92 Å². The van der Waals surface area contributed by atoms with E-state index >= 15 is 0 Å². The molecule has 1 heterocycles. The molecule has 0 saturated carbocycles. The maximum atomic E-state index is 9.26. The van der Waals surface area contributed by atoms with E-state index in [0.29, 0.717) is 0 Å². The van der Waals surface area contributed by atoms with E-state index in [-0.39, 0.29) is 0 Å². The van der Waals surface area contributed by atoms with E-state index in [9.17, 15) is 10.2 Å². The van der Waals surface area contributed by atoms with E-state index < -0.39 is 30.5 Å². The summed E-state index contributed by atoms with van der Waals surface area (Å²) in [5.41, 5.74) is 0. The van der Waals surface area contributed by atoms with E-state index in [1.54, 1.807) is 6.92 Å². The smallest absolute Gasteiger partial charge is 0.112 e. The summed E-state index contributed by atoms with van der Waals surface area (Å²) in [5, 5.41) is 27.5. The molecule has 0 aromatic carbocycles. The van der Waals surface area contributed by atoms with Gasteiger partial charge in [0.15, 0.2) is 0 Å². The first-order chi connectivity index (χ1) is 5.04. The quantitative estimate of drug-likeness (QED) is 0.456. The molecule has 1 aliphatic heterocycles. The highest BCUT2D eigenvalue weighted by atomic mass is 16.6. The van der Waals surface area contributed by atoms with Gasteiger partial charge in [0, 0.05) is 0 Å². The number of aliphatic hydroxyl groups excluding tert-OH is 3. The molecule has 1 rings (SSSR count). The number of rotatable bonds is 1. The van der Waals surface area contributed by atoms with Gasteiger partial charge in [-0.05, 0) is 13.8 Å². The van der Waals surface area contributed by atoms with Crippen molar-refractivity contribution in [1.29, 1.82) is 0 Å². The molecule has 0 bridgehead atoms. The predicted octanol–water partition coefficient (Wildman–Crippen LogP) is -1.12. The van der Waals surface area contributed by atoms with Crippen LogP contribution in [0.25, 0.3) is 0 Å². The van der Waals surface area contributed by atoms with Crippen molar-refractivity contribution in [2.45, 2.75) is 44.4 Å². The molecule has 0 aromatic heterocycles. The third kappa shape index (κ3) is 1.54. The highest BCUT2D eigenvalue weighted by molar-refractivity contribution is 4.90. The van der Waals surface area contributed by atoms with Crippen LogP contribution in [-0.2, 0) is 4.74 Å². The summed E-state index contributed by atoms with van der Waals surface area (Å²) in [6, 6.07) is 0. The minimum Gasteiger partial charge on any atom is -0.391 e. The molecule has 0 radical (unpaired) electrons. The zero-order valence-corrected chi connectivity index (χ0v) is 6.64. The van der Waals surface area contributed by atoms with Crippen molar-refractivity contribution in [3.05, 3.63) is 0 Å². The molecule has 4 nitrogen and oxygen atoms in total. The molecule has 0 aliphatic carbocycles. The maximum absolute atomic E-state index is 9.26. The summed E-state index contributed by atoms with van der Waals surface area (Å²) >= 11 is 0. The average molecular weight is 162 g/mol. The first-order valence-corrected chi connectivity index (χ1v) is 3.73. The Bertz CT molecular complexity index is 136. The molecule has 5 atom stereocenters. The summed E-state index contributed by atoms with van der Waals surface area (Å²) in [6.45, 7) is 3.19. The average Bonchev–Trinajstić information content (AvgIpc) is 2.17. The number of aliphatic hydroxyl groups is 3. The van der Waals surface area contributed by atoms with Crippen molar-refractivity contribution in [3.8, 4) is 0 Å². The zero-order chi connectivity index (χ0) is 8.59. The van der Waals surface area contributed by atoms with Crippen LogP contribution in [0.4, 0.5) is 0 Å².